The van der Waals surface area contributed by atoms with Crippen molar-refractivity contribution in [2.24, 2.45) is 0 Å². The molecule has 0 aliphatic rings. The van der Waals surface area contributed by atoms with Crippen LogP contribution in [0.15, 0.2) is 42.6 Å². The van der Waals surface area contributed by atoms with E-state index < -0.39 is 11.7 Å². The second-order valence-electron chi connectivity index (χ2n) is 5.53. The number of carboxylic acid groups (broad SMARTS) is 1. The highest BCUT2D eigenvalue weighted by molar-refractivity contribution is 5.70. The first-order valence-electron chi connectivity index (χ1n) is 7.50. The van der Waals surface area contributed by atoms with Crippen LogP contribution in [0.25, 0.3) is 0 Å². The van der Waals surface area contributed by atoms with E-state index in [0.717, 1.165) is 0 Å². The smallest absolute Gasteiger partial charge is 0.307 e. The van der Waals surface area contributed by atoms with Gasteiger partial charge in [0, 0.05) is 18.3 Å². The molecular weight excluding hydrogens is 310 g/mol. The number of aliphatic carboxylic acids is 1. The van der Waals surface area contributed by atoms with Gasteiger partial charge in [0.15, 0.2) is 0 Å². The van der Waals surface area contributed by atoms with Crippen LogP contribution in [0.5, 0.6) is 5.75 Å². The van der Waals surface area contributed by atoms with E-state index in [4.69, 9.17) is 15.6 Å². The predicted molar refractivity (Wildman–Crippen MR) is 89.5 cm³/mol. The molecule has 2 rings (SSSR count). The number of hydrogen-bond donors (Lipinski definition) is 4. The van der Waals surface area contributed by atoms with Gasteiger partial charge in [-0.25, -0.2) is 4.98 Å². The number of nitrogens with two attached hydrogens (primary N) is 1. The standard InChI is InChI=1S/C17H21N3O4/c1-17(23,13-4-7-15(18)19-11-13)20-8-9-24-14-5-2-12(3-6-14)10-16(21)22/h2-7,11,20,23H,8-10H2,1H3,(H2,18,19)(H,21,22)/t17-/m0/s1. The van der Waals surface area contributed by atoms with Gasteiger partial charge in [-0.05, 0) is 36.8 Å². The minimum atomic E-state index is -1.24. The summed E-state index contributed by atoms with van der Waals surface area (Å²) in [6.07, 6.45) is 1.50. The van der Waals surface area contributed by atoms with E-state index in [0.29, 0.717) is 35.8 Å². The van der Waals surface area contributed by atoms with E-state index in [1.807, 2.05) is 0 Å². The monoisotopic (exact) mass is 331 g/mol. The number of ether oxygens (including phenoxy) is 1. The topological polar surface area (TPSA) is 118 Å². The molecular formula is C17H21N3O4. The lowest BCUT2D eigenvalue weighted by Crippen LogP contribution is -2.41. The summed E-state index contributed by atoms with van der Waals surface area (Å²) >= 11 is 0. The van der Waals surface area contributed by atoms with Crippen LogP contribution in [0.3, 0.4) is 0 Å². The molecule has 0 amide bonds. The fourth-order valence-corrected chi connectivity index (χ4v) is 2.14. The van der Waals surface area contributed by atoms with E-state index in [2.05, 4.69) is 10.3 Å². The van der Waals surface area contributed by atoms with Crippen LogP contribution in [-0.2, 0) is 16.9 Å². The van der Waals surface area contributed by atoms with Gasteiger partial charge >= 0.3 is 5.97 Å². The average Bonchev–Trinajstić information content (AvgIpc) is 2.53. The maximum absolute atomic E-state index is 10.6. The summed E-state index contributed by atoms with van der Waals surface area (Å²) in [4.78, 5) is 14.6. The average molecular weight is 331 g/mol. The molecule has 0 radical (unpaired) electrons. The molecule has 1 aromatic heterocycles. The normalized spacial score (nSPS) is 13.2. The molecule has 128 valence electrons. The van der Waals surface area contributed by atoms with Crippen molar-refractivity contribution in [1.29, 1.82) is 0 Å². The number of nitrogens with zero attached hydrogens (tertiary/aromatic N) is 1. The molecule has 0 aliphatic carbocycles. The molecule has 0 unspecified atom stereocenters. The lowest BCUT2D eigenvalue weighted by molar-refractivity contribution is -0.136. The van der Waals surface area contributed by atoms with Gasteiger partial charge in [0.1, 0.15) is 23.9 Å². The maximum Gasteiger partial charge on any atom is 0.307 e. The van der Waals surface area contributed by atoms with E-state index >= 15 is 0 Å². The third-order valence-corrected chi connectivity index (χ3v) is 3.47. The summed E-state index contributed by atoms with van der Waals surface area (Å²) in [6.45, 7) is 2.38. The minimum Gasteiger partial charge on any atom is -0.492 e. The first kappa shape index (κ1) is 17.7. The predicted octanol–water partition coefficient (Wildman–Crippen LogP) is 1.12. The van der Waals surface area contributed by atoms with Crippen molar-refractivity contribution >= 4 is 11.8 Å². The Balaban J connectivity index is 1.79. The molecule has 1 atom stereocenters. The number of aromatic nitrogens is 1. The summed E-state index contributed by atoms with van der Waals surface area (Å²) in [7, 11) is 0. The van der Waals surface area contributed by atoms with Gasteiger partial charge in [0.25, 0.3) is 0 Å². The van der Waals surface area contributed by atoms with Gasteiger partial charge in [0.05, 0.1) is 6.42 Å². The molecule has 0 spiro atoms. The zero-order chi connectivity index (χ0) is 17.6. The number of hydrogen-bond acceptors (Lipinski definition) is 6. The number of rotatable bonds is 8. The van der Waals surface area contributed by atoms with Crippen LogP contribution in [-0.4, -0.2) is 34.3 Å². The number of nitrogens with one attached hydrogen (secondary N) is 1. The van der Waals surface area contributed by atoms with Gasteiger partial charge in [-0.1, -0.05) is 12.1 Å². The molecule has 5 N–H and O–H groups in total. The Bertz CT molecular complexity index is 669. The van der Waals surface area contributed by atoms with Crippen LogP contribution < -0.4 is 15.8 Å². The van der Waals surface area contributed by atoms with E-state index in [1.165, 1.54) is 6.20 Å². The highest BCUT2D eigenvalue weighted by Gasteiger charge is 2.22. The van der Waals surface area contributed by atoms with Crippen molar-refractivity contribution < 1.29 is 19.7 Å². The number of nitrogen functional groups attached to an aromatic ring is 1. The van der Waals surface area contributed by atoms with E-state index in [9.17, 15) is 9.90 Å². The summed E-state index contributed by atoms with van der Waals surface area (Å²) in [5.74, 6) is 0.163. The van der Waals surface area contributed by atoms with E-state index in [-0.39, 0.29) is 6.42 Å². The Hall–Kier alpha value is -2.64. The second-order valence-corrected chi connectivity index (χ2v) is 5.53. The molecule has 7 heteroatoms. The zero-order valence-electron chi connectivity index (χ0n) is 13.4. The van der Waals surface area contributed by atoms with Crippen molar-refractivity contribution in [1.82, 2.24) is 10.3 Å². The summed E-state index contributed by atoms with van der Waals surface area (Å²) in [5, 5.41) is 22.1. The quantitative estimate of drug-likeness (QED) is 0.423. The Kier molecular flexibility index (Phi) is 5.73. The van der Waals surface area contributed by atoms with Crippen molar-refractivity contribution in [2.45, 2.75) is 19.1 Å². The number of benzene rings is 1. The molecule has 0 aliphatic heterocycles. The Morgan fingerprint density at radius 1 is 1.29 bits per heavy atom. The third-order valence-electron chi connectivity index (χ3n) is 3.47. The van der Waals surface area contributed by atoms with Crippen molar-refractivity contribution in [3.63, 3.8) is 0 Å². The number of anilines is 1. The summed E-state index contributed by atoms with van der Waals surface area (Å²) in [6, 6.07) is 10.2. The molecule has 7 nitrogen and oxygen atoms in total. The molecule has 1 heterocycles. The zero-order valence-corrected chi connectivity index (χ0v) is 13.4. The van der Waals surface area contributed by atoms with Crippen LogP contribution in [0.2, 0.25) is 0 Å². The number of carboxylic acids is 1. The first-order valence-corrected chi connectivity index (χ1v) is 7.50. The molecule has 24 heavy (non-hydrogen) atoms. The van der Waals surface area contributed by atoms with Gasteiger partial charge in [-0.15, -0.1) is 0 Å². The Labute approximate surface area is 140 Å². The Morgan fingerprint density at radius 3 is 2.58 bits per heavy atom. The highest BCUT2D eigenvalue weighted by Crippen LogP contribution is 2.17. The highest BCUT2D eigenvalue weighted by atomic mass is 16.5. The van der Waals surface area contributed by atoms with Gasteiger partial charge in [-0.3, -0.25) is 10.1 Å². The minimum absolute atomic E-state index is 0.0136. The van der Waals surface area contributed by atoms with Crippen molar-refractivity contribution in [2.75, 3.05) is 18.9 Å². The molecule has 0 fully saturated rings. The summed E-state index contributed by atoms with van der Waals surface area (Å²) < 4.78 is 5.56. The molecule has 0 saturated carbocycles. The first-order chi connectivity index (χ1) is 11.4. The molecule has 2 aromatic rings. The van der Waals surface area contributed by atoms with Crippen molar-refractivity contribution in [3.8, 4) is 5.75 Å². The lowest BCUT2D eigenvalue weighted by atomic mass is 10.1. The fraction of sp³-hybridized carbons (Fsp3) is 0.294. The number of pyridine rings is 1. The Morgan fingerprint density at radius 2 is 2.00 bits per heavy atom. The number of carbonyl (C=O) groups is 1. The van der Waals surface area contributed by atoms with Gasteiger partial charge in [-0.2, -0.15) is 0 Å². The largest absolute Gasteiger partial charge is 0.492 e. The van der Waals surface area contributed by atoms with Crippen LogP contribution in [0.1, 0.15) is 18.1 Å². The van der Waals surface area contributed by atoms with Crippen LogP contribution >= 0.6 is 0 Å². The fourth-order valence-electron chi connectivity index (χ4n) is 2.14. The third kappa shape index (κ3) is 5.22. The SMILES string of the molecule is C[C@@](O)(NCCOc1ccc(CC(=O)O)cc1)c1ccc(N)nc1. The number of aliphatic hydroxyl groups is 1. The second kappa shape index (κ2) is 7.76. The maximum atomic E-state index is 10.6. The summed E-state index contributed by atoms with van der Waals surface area (Å²) in [5.41, 5.74) is 5.61. The molecule has 0 saturated heterocycles. The van der Waals surface area contributed by atoms with Gasteiger partial charge < -0.3 is 20.7 Å². The van der Waals surface area contributed by atoms with E-state index in [1.54, 1.807) is 43.3 Å². The van der Waals surface area contributed by atoms with Gasteiger partial charge in [0.2, 0.25) is 0 Å². The molecule has 1 aromatic carbocycles. The molecule has 0 bridgehead atoms. The lowest BCUT2D eigenvalue weighted by Gasteiger charge is -2.25. The van der Waals surface area contributed by atoms with Crippen molar-refractivity contribution in [3.05, 3.63) is 53.7 Å². The van der Waals surface area contributed by atoms with Crippen LogP contribution in [0.4, 0.5) is 5.82 Å². The van der Waals surface area contributed by atoms with Crippen LogP contribution in [0, 0.1) is 0 Å².